The predicted octanol–water partition coefficient (Wildman–Crippen LogP) is 1.68. The van der Waals surface area contributed by atoms with Gasteiger partial charge < -0.3 is 14.8 Å². The van der Waals surface area contributed by atoms with Crippen LogP contribution < -0.4 is 0 Å². The molecule has 1 saturated heterocycles. The van der Waals surface area contributed by atoms with Crippen molar-refractivity contribution >= 4 is 11.7 Å². The molecule has 2 aliphatic rings. The molecular formula is C15H17NO3. The molecule has 1 amide bonds. The lowest BCUT2D eigenvalue weighted by molar-refractivity contribution is -0.155. The van der Waals surface area contributed by atoms with E-state index in [9.17, 15) is 14.7 Å². The number of aliphatic hydroxyl groups is 1. The minimum Gasteiger partial charge on any atom is -0.366 e. The van der Waals surface area contributed by atoms with Gasteiger partial charge in [-0.1, -0.05) is 18.2 Å². The highest BCUT2D eigenvalue weighted by Gasteiger charge is 2.54. The van der Waals surface area contributed by atoms with Crippen LogP contribution in [0.5, 0.6) is 0 Å². The fourth-order valence-corrected chi connectivity index (χ4v) is 3.44. The number of benzene rings is 1. The smallest absolute Gasteiger partial charge is 0.256 e. The van der Waals surface area contributed by atoms with Crippen molar-refractivity contribution in [2.45, 2.75) is 31.9 Å². The average molecular weight is 259 g/mol. The third kappa shape index (κ3) is 1.63. The van der Waals surface area contributed by atoms with Crippen LogP contribution in [0.2, 0.25) is 0 Å². The maximum absolute atomic E-state index is 12.3. The predicted molar refractivity (Wildman–Crippen MR) is 69.4 cm³/mol. The normalized spacial score (nSPS) is 29.1. The van der Waals surface area contributed by atoms with E-state index >= 15 is 0 Å². The third-order valence-corrected chi connectivity index (χ3v) is 4.25. The van der Waals surface area contributed by atoms with Crippen molar-refractivity contribution in [3.05, 3.63) is 35.4 Å². The molecular weight excluding hydrogens is 242 g/mol. The van der Waals surface area contributed by atoms with E-state index in [0.717, 1.165) is 12.8 Å². The van der Waals surface area contributed by atoms with Crippen LogP contribution in [-0.4, -0.2) is 28.2 Å². The Morgan fingerprint density at radius 1 is 1.47 bits per heavy atom. The fourth-order valence-electron chi connectivity index (χ4n) is 3.44. The van der Waals surface area contributed by atoms with Crippen LogP contribution in [0, 0.1) is 5.92 Å². The van der Waals surface area contributed by atoms with Crippen molar-refractivity contribution in [2.75, 3.05) is 6.54 Å². The van der Waals surface area contributed by atoms with E-state index in [2.05, 4.69) is 0 Å². The van der Waals surface area contributed by atoms with Crippen molar-refractivity contribution in [3.8, 4) is 0 Å². The van der Waals surface area contributed by atoms with Crippen molar-refractivity contribution in [1.29, 1.82) is 0 Å². The van der Waals surface area contributed by atoms with Gasteiger partial charge in [0.25, 0.3) is 5.91 Å². The largest absolute Gasteiger partial charge is 0.366 e. The van der Waals surface area contributed by atoms with Gasteiger partial charge >= 0.3 is 0 Å². The molecule has 2 heterocycles. The highest BCUT2D eigenvalue weighted by Crippen LogP contribution is 2.47. The second-order valence-corrected chi connectivity index (χ2v) is 5.47. The first-order chi connectivity index (χ1) is 9.05. The Morgan fingerprint density at radius 2 is 2.21 bits per heavy atom. The molecule has 4 heteroatoms. The Bertz CT molecular complexity index is 554. The molecule has 0 saturated carbocycles. The zero-order valence-electron chi connectivity index (χ0n) is 10.9. The number of nitrogens with zero attached hydrogens (tertiary/aromatic N) is 1. The number of piperidine rings is 1. The third-order valence-electron chi connectivity index (χ3n) is 4.25. The van der Waals surface area contributed by atoms with Crippen LogP contribution in [0.3, 0.4) is 0 Å². The van der Waals surface area contributed by atoms with Crippen molar-refractivity contribution in [1.82, 2.24) is 4.90 Å². The number of amides is 1. The second kappa shape index (κ2) is 4.17. The zero-order chi connectivity index (χ0) is 13.6. The Balaban J connectivity index is 2.11. The summed E-state index contributed by atoms with van der Waals surface area (Å²) in [6.07, 6.45) is 1.92. The first-order valence-corrected chi connectivity index (χ1v) is 6.68. The quantitative estimate of drug-likeness (QED) is 0.879. The van der Waals surface area contributed by atoms with Gasteiger partial charge in [0.1, 0.15) is 5.78 Å². The minimum absolute atomic E-state index is 0.0529. The molecule has 19 heavy (non-hydrogen) atoms. The molecule has 2 atom stereocenters. The van der Waals surface area contributed by atoms with E-state index in [1.807, 2.05) is 6.07 Å². The second-order valence-electron chi connectivity index (χ2n) is 5.47. The number of rotatable bonds is 2. The number of ketones is 1. The van der Waals surface area contributed by atoms with Gasteiger partial charge in [-0.3, -0.25) is 4.79 Å². The van der Waals surface area contributed by atoms with Crippen LogP contribution in [0.15, 0.2) is 24.3 Å². The standard InChI is InChI=1S/C15H17NO3/c1-10(17)9-11-5-4-8-16-14(18)12-6-2-3-7-13(12)15(11,16)19/h2-3,6-7,11,19H,4-5,8-9H2,1H3/t11-,15+/m0/s1. The summed E-state index contributed by atoms with van der Waals surface area (Å²) in [7, 11) is 0. The number of fused-ring (bicyclic) bond motifs is 3. The van der Waals surface area contributed by atoms with Gasteiger partial charge in [-0.25, -0.2) is 0 Å². The van der Waals surface area contributed by atoms with Gasteiger partial charge in [0.2, 0.25) is 0 Å². The van der Waals surface area contributed by atoms with Gasteiger partial charge in [-0.05, 0) is 25.8 Å². The first kappa shape index (κ1) is 12.4. The number of carbonyl (C=O) groups excluding carboxylic acids is 2. The number of carbonyl (C=O) groups is 2. The lowest BCUT2D eigenvalue weighted by Crippen LogP contribution is -2.53. The topological polar surface area (TPSA) is 57.6 Å². The SMILES string of the molecule is CC(=O)C[C@@H]1CCCN2C(=O)c3ccccc3[C@]12O. The average Bonchev–Trinajstić information content (AvgIpc) is 2.61. The van der Waals surface area contributed by atoms with Gasteiger partial charge in [0.05, 0.1) is 0 Å². The molecule has 3 rings (SSSR count). The van der Waals surface area contributed by atoms with Crippen molar-refractivity contribution < 1.29 is 14.7 Å². The molecule has 100 valence electrons. The maximum atomic E-state index is 12.3. The maximum Gasteiger partial charge on any atom is 0.256 e. The molecule has 2 aliphatic heterocycles. The van der Waals surface area contributed by atoms with Gasteiger partial charge in [0.15, 0.2) is 5.72 Å². The molecule has 1 N–H and O–H groups in total. The molecule has 1 aromatic carbocycles. The van der Waals surface area contributed by atoms with E-state index < -0.39 is 5.72 Å². The van der Waals surface area contributed by atoms with E-state index in [0.29, 0.717) is 24.1 Å². The lowest BCUT2D eigenvalue weighted by atomic mass is 9.80. The lowest BCUT2D eigenvalue weighted by Gasteiger charge is -2.44. The fraction of sp³-hybridized carbons (Fsp3) is 0.467. The van der Waals surface area contributed by atoms with Gasteiger partial charge in [-0.2, -0.15) is 0 Å². The van der Waals surface area contributed by atoms with Gasteiger partial charge in [-0.15, -0.1) is 0 Å². The van der Waals surface area contributed by atoms with Gasteiger partial charge in [0, 0.05) is 30.0 Å². The number of hydrogen-bond acceptors (Lipinski definition) is 3. The minimum atomic E-state index is -1.29. The zero-order valence-corrected chi connectivity index (χ0v) is 10.9. The Labute approximate surface area is 112 Å². The first-order valence-electron chi connectivity index (χ1n) is 6.68. The van der Waals surface area contributed by atoms with E-state index in [1.54, 1.807) is 18.2 Å². The number of hydrogen-bond donors (Lipinski definition) is 1. The molecule has 1 aromatic rings. The molecule has 0 aromatic heterocycles. The van der Waals surface area contributed by atoms with Crippen LogP contribution in [0.25, 0.3) is 0 Å². The van der Waals surface area contributed by atoms with E-state index in [1.165, 1.54) is 11.8 Å². The number of Topliss-reactive ketones (excluding diaryl/α,β-unsaturated/α-hetero) is 1. The van der Waals surface area contributed by atoms with Crippen molar-refractivity contribution in [2.24, 2.45) is 5.92 Å². The summed E-state index contributed by atoms with van der Waals surface area (Å²) in [6.45, 7) is 2.09. The Kier molecular flexibility index (Phi) is 2.71. The summed E-state index contributed by atoms with van der Waals surface area (Å²) in [5.41, 5.74) is -0.0659. The van der Waals surface area contributed by atoms with E-state index in [-0.39, 0.29) is 17.6 Å². The molecule has 0 aliphatic carbocycles. The summed E-state index contributed by atoms with van der Waals surface area (Å²) in [5, 5.41) is 11.1. The summed E-state index contributed by atoms with van der Waals surface area (Å²) < 4.78 is 0. The van der Waals surface area contributed by atoms with Crippen LogP contribution in [-0.2, 0) is 10.5 Å². The highest BCUT2D eigenvalue weighted by molar-refractivity contribution is 6.00. The Morgan fingerprint density at radius 3 is 2.95 bits per heavy atom. The Hall–Kier alpha value is -1.68. The molecule has 0 unspecified atom stereocenters. The molecule has 0 bridgehead atoms. The summed E-state index contributed by atoms with van der Waals surface area (Å²) >= 11 is 0. The molecule has 0 radical (unpaired) electrons. The highest BCUT2D eigenvalue weighted by atomic mass is 16.3. The summed E-state index contributed by atoms with van der Waals surface area (Å²) in [6, 6.07) is 7.18. The summed E-state index contributed by atoms with van der Waals surface area (Å²) in [5.74, 6) is -0.269. The van der Waals surface area contributed by atoms with Crippen LogP contribution in [0.1, 0.15) is 42.1 Å². The van der Waals surface area contributed by atoms with Crippen molar-refractivity contribution in [3.63, 3.8) is 0 Å². The van der Waals surface area contributed by atoms with Crippen LogP contribution >= 0.6 is 0 Å². The molecule has 0 spiro atoms. The molecule has 1 fully saturated rings. The van der Waals surface area contributed by atoms with Crippen LogP contribution in [0.4, 0.5) is 0 Å². The summed E-state index contributed by atoms with van der Waals surface area (Å²) in [4.78, 5) is 25.3. The van der Waals surface area contributed by atoms with E-state index in [4.69, 9.17) is 0 Å². The molecule has 4 nitrogen and oxygen atoms in total. The monoisotopic (exact) mass is 259 g/mol.